The minimum atomic E-state index is -2.65. The first kappa shape index (κ1) is 10.1. The SMILES string of the molecule is Cc1c(C#N)cc(Br)nc1C(F)F. The Labute approximate surface area is 82.3 Å². The van der Waals surface area contributed by atoms with E-state index < -0.39 is 6.43 Å². The zero-order valence-electron chi connectivity index (χ0n) is 6.68. The van der Waals surface area contributed by atoms with Crippen molar-refractivity contribution >= 4 is 15.9 Å². The van der Waals surface area contributed by atoms with Crippen molar-refractivity contribution in [3.63, 3.8) is 0 Å². The van der Waals surface area contributed by atoms with Gasteiger partial charge in [-0.25, -0.2) is 13.8 Å². The van der Waals surface area contributed by atoms with Crippen molar-refractivity contribution < 1.29 is 8.78 Å². The predicted octanol–water partition coefficient (Wildman–Crippen LogP) is 2.96. The number of rotatable bonds is 1. The van der Waals surface area contributed by atoms with Gasteiger partial charge in [0, 0.05) is 0 Å². The molecule has 0 aromatic carbocycles. The van der Waals surface area contributed by atoms with Crippen LogP contribution in [-0.4, -0.2) is 4.98 Å². The smallest absolute Gasteiger partial charge is 0.240 e. The van der Waals surface area contributed by atoms with Crippen molar-refractivity contribution in [1.82, 2.24) is 4.98 Å². The third kappa shape index (κ3) is 2.01. The standard InChI is InChI=1S/C8H5BrF2N2/c1-4-5(3-12)2-6(9)13-7(4)8(10)11/h2,8H,1H3. The molecule has 0 bridgehead atoms. The van der Waals surface area contributed by atoms with Crippen LogP contribution in [0.2, 0.25) is 0 Å². The molecular weight excluding hydrogens is 242 g/mol. The van der Waals surface area contributed by atoms with Crippen LogP contribution in [0, 0.1) is 18.3 Å². The van der Waals surface area contributed by atoms with Gasteiger partial charge in [0.05, 0.1) is 11.6 Å². The minimum absolute atomic E-state index is 0.220. The van der Waals surface area contributed by atoms with Gasteiger partial charge >= 0.3 is 0 Å². The number of alkyl halides is 2. The van der Waals surface area contributed by atoms with E-state index in [1.54, 1.807) is 0 Å². The van der Waals surface area contributed by atoms with Gasteiger partial charge in [-0.2, -0.15) is 5.26 Å². The van der Waals surface area contributed by atoms with Gasteiger partial charge < -0.3 is 0 Å². The fourth-order valence-electron chi connectivity index (χ4n) is 0.925. The van der Waals surface area contributed by atoms with E-state index in [2.05, 4.69) is 20.9 Å². The third-order valence-electron chi connectivity index (χ3n) is 1.61. The lowest BCUT2D eigenvalue weighted by Crippen LogP contribution is -1.98. The molecule has 0 aliphatic carbocycles. The zero-order valence-corrected chi connectivity index (χ0v) is 8.27. The number of pyridine rings is 1. The van der Waals surface area contributed by atoms with Crippen molar-refractivity contribution in [2.24, 2.45) is 0 Å². The van der Waals surface area contributed by atoms with Crippen LogP contribution in [0.1, 0.15) is 23.2 Å². The molecule has 13 heavy (non-hydrogen) atoms. The summed E-state index contributed by atoms with van der Waals surface area (Å²) in [6.07, 6.45) is -2.65. The second kappa shape index (κ2) is 3.79. The zero-order chi connectivity index (χ0) is 10.0. The maximum atomic E-state index is 12.3. The molecule has 0 aliphatic heterocycles. The number of nitrogens with zero attached hydrogens (tertiary/aromatic N) is 2. The Bertz CT molecular complexity index is 371. The number of nitriles is 1. The Morgan fingerprint density at radius 3 is 2.69 bits per heavy atom. The van der Waals surface area contributed by atoms with Crippen molar-refractivity contribution in [2.45, 2.75) is 13.3 Å². The van der Waals surface area contributed by atoms with E-state index in [0.717, 1.165) is 0 Å². The number of halogens is 3. The molecule has 0 amide bonds. The lowest BCUT2D eigenvalue weighted by molar-refractivity contribution is 0.145. The monoisotopic (exact) mass is 246 g/mol. The first-order valence-electron chi connectivity index (χ1n) is 3.41. The van der Waals surface area contributed by atoms with Crippen molar-refractivity contribution in [1.29, 1.82) is 5.26 Å². The van der Waals surface area contributed by atoms with Gasteiger partial charge in [0.25, 0.3) is 6.43 Å². The second-order valence-corrected chi connectivity index (χ2v) is 3.23. The van der Waals surface area contributed by atoms with E-state index in [4.69, 9.17) is 5.26 Å². The van der Waals surface area contributed by atoms with Crippen LogP contribution in [0.3, 0.4) is 0 Å². The highest BCUT2D eigenvalue weighted by Gasteiger charge is 2.15. The largest absolute Gasteiger partial charge is 0.280 e. The predicted molar refractivity (Wildman–Crippen MR) is 46.3 cm³/mol. The molecule has 0 saturated carbocycles. The minimum Gasteiger partial charge on any atom is -0.240 e. The maximum Gasteiger partial charge on any atom is 0.280 e. The lowest BCUT2D eigenvalue weighted by atomic mass is 10.1. The first-order valence-corrected chi connectivity index (χ1v) is 4.21. The number of aromatic nitrogens is 1. The van der Waals surface area contributed by atoms with E-state index in [9.17, 15) is 8.78 Å². The van der Waals surface area contributed by atoms with E-state index >= 15 is 0 Å². The molecule has 1 aromatic heterocycles. The molecule has 0 spiro atoms. The molecule has 0 atom stereocenters. The Morgan fingerprint density at radius 1 is 1.62 bits per heavy atom. The fraction of sp³-hybridized carbons (Fsp3) is 0.250. The van der Waals surface area contributed by atoms with Gasteiger partial charge in [-0.05, 0) is 34.5 Å². The van der Waals surface area contributed by atoms with Crippen molar-refractivity contribution in [3.05, 3.63) is 27.5 Å². The highest BCUT2D eigenvalue weighted by molar-refractivity contribution is 9.10. The Hall–Kier alpha value is -1.02. The van der Waals surface area contributed by atoms with Gasteiger partial charge in [-0.1, -0.05) is 0 Å². The highest BCUT2D eigenvalue weighted by atomic mass is 79.9. The van der Waals surface area contributed by atoms with Crippen LogP contribution < -0.4 is 0 Å². The van der Waals surface area contributed by atoms with E-state index in [1.165, 1.54) is 13.0 Å². The first-order chi connectivity index (χ1) is 6.06. The van der Waals surface area contributed by atoms with E-state index in [1.807, 2.05) is 6.07 Å². The molecule has 0 N–H and O–H groups in total. The lowest BCUT2D eigenvalue weighted by Gasteiger charge is -2.05. The van der Waals surface area contributed by atoms with Gasteiger partial charge in [0.2, 0.25) is 0 Å². The van der Waals surface area contributed by atoms with Gasteiger partial charge in [-0.15, -0.1) is 0 Å². The maximum absolute atomic E-state index is 12.3. The molecule has 0 aliphatic rings. The Kier molecular flexibility index (Phi) is 2.94. The quantitative estimate of drug-likeness (QED) is 0.715. The summed E-state index contributed by atoms with van der Waals surface area (Å²) in [7, 11) is 0. The topological polar surface area (TPSA) is 36.7 Å². The molecule has 1 aromatic rings. The second-order valence-electron chi connectivity index (χ2n) is 2.42. The van der Waals surface area contributed by atoms with Crippen molar-refractivity contribution in [2.75, 3.05) is 0 Å². The van der Waals surface area contributed by atoms with Crippen molar-refractivity contribution in [3.8, 4) is 6.07 Å². The van der Waals surface area contributed by atoms with Crippen LogP contribution in [-0.2, 0) is 0 Å². The van der Waals surface area contributed by atoms with E-state index in [-0.39, 0.29) is 21.4 Å². The average Bonchev–Trinajstić information content (AvgIpc) is 2.08. The molecule has 2 nitrogen and oxygen atoms in total. The molecule has 1 heterocycles. The summed E-state index contributed by atoms with van der Waals surface area (Å²) in [4.78, 5) is 3.60. The highest BCUT2D eigenvalue weighted by Crippen LogP contribution is 2.24. The Morgan fingerprint density at radius 2 is 2.23 bits per heavy atom. The van der Waals surface area contributed by atoms with Crippen LogP contribution in [0.25, 0.3) is 0 Å². The summed E-state index contributed by atoms with van der Waals surface area (Å²) in [5.74, 6) is 0. The summed E-state index contributed by atoms with van der Waals surface area (Å²) < 4.78 is 24.9. The summed E-state index contributed by atoms with van der Waals surface area (Å²) in [5.41, 5.74) is 0.115. The van der Waals surface area contributed by atoms with Crippen LogP contribution >= 0.6 is 15.9 Å². The number of hydrogen-bond acceptors (Lipinski definition) is 2. The van der Waals surface area contributed by atoms with E-state index in [0.29, 0.717) is 0 Å². The fourth-order valence-corrected chi connectivity index (χ4v) is 1.35. The molecule has 0 radical (unpaired) electrons. The molecule has 68 valence electrons. The van der Waals surface area contributed by atoms with Crippen LogP contribution in [0.5, 0.6) is 0 Å². The molecule has 0 fully saturated rings. The van der Waals surface area contributed by atoms with Gasteiger partial charge in [0.15, 0.2) is 0 Å². The summed E-state index contributed by atoms with van der Waals surface area (Å²) in [6.45, 7) is 1.46. The molecule has 1 rings (SSSR count). The Balaban J connectivity index is 3.38. The molecule has 5 heteroatoms. The van der Waals surface area contributed by atoms with Gasteiger partial charge in [0.1, 0.15) is 10.3 Å². The normalized spacial score (nSPS) is 10.2. The molecule has 0 unspecified atom stereocenters. The summed E-state index contributed by atoms with van der Waals surface area (Å²) in [6, 6.07) is 3.25. The molecule has 0 saturated heterocycles. The summed E-state index contributed by atoms with van der Waals surface area (Å²) >= 11 is 2.96. The van der Waals surface area contributed by atoms with Crippen LogP contribution in [0.15, 0.2) is 10.7 Å². The summed E-state index contributed by atoms with van der Waals surface area (Å²) in [5, 5.41) is 8.61. The number of hydrogen-bond donors (Lipinski definition) is 0. The molecular formula is C8H5BrF2N2. The van der Waals surface area contributed by atoms with Crippen LogP contribution in [0.4, 0.5) is 8.78 Å². The third-order valence-corrected chi connectivity index (χ3v) is 2.01. The van der Waals surface area contributed by atoms with Gasteiger partial charge in [-0.3, -0.25) is 0 Å². The average molecular weight is 247 g/mol.